The maximum absolute atomic E-state index is 12.6. The lowest BCUT2D eigenvalue weighted by molar-refractivity contribution is -0.148. The summed E-state index contributed by atoms with van der Waals surface area (Å²) in [5, 5.41) is 15.4. The van der Waals surface area contributed by atoms with Crippen LogP contribution in [-0.4, -0.2) is 68.8 Å². The smallest absolute Gasteiger partial charge is 0.408 e. The topological polar surface area (TPSA) is 142 Å². The Bertz CT molecular complexity index is 840. The number of nitrogens with one attached hydrogen (secondary N) is 2. The molecule has 2 amide bonds. The molecule has 35 heavy (non-hydrogen) atoms. The maximum Gasteiger partial charge on any atom is 0.408 e. The summed E-state index contributed by atoms with van der Waals surface area (Å²) in [6.45, 7) is 8.80. The number of aliphatic hydroxyl groups excluding tert-OH is 1. The number of aliphatic hydroxyl groups is 1. The standard InChI is InChI=1S/C24H38N2O9/c1-14(2)13-34-22(29)17(26-23(30)35-24(3,4)5)11-18(27)21(28)25-12-16-19(32-7)9-15(31-6)10-20(16)33-8/h9-10,14,17-18,27H,11-13H2,1-8H3,(H,25,28)(H,26,30)/t17-,18-/m0/s1. The number of ether oxygens (including phenoxy) is 5. The van der Waals surface area contributed by atoms with Crippen molar-refractivity contribution >= 4 is 18.0 Å². The SMILES string of the molecule is COc1cc(OC)c(CNC(=O)[C@@H](O)C[C@H](NC(=O)OC(C)(C)C)C(=O)OCC(C)C)c(OC)c1. The Labute approximate surface area is 206 Å². The van der Waals surface area contributed by atoms with Crippen LogP contribution in [0.4, 0.5) is 4.79 Å². The fourth-order valence-electron chi connectivity index (χ4n) is 2.89. The van der Waals surface area contributed by atoms with E-state index in [1.807, 2.05) is 13.8 Å². The Balaban J connectivity index is 2.93. The molecule has 1 aromatic carbocycles. The number of methoxy groups -OCH3 is 3. The van der Waals surface area contributed by atoms with Crippen molar-refractivity contribution in [3.8, 4) is 17.2 Å². The number of carbonyl (C=O) groups is 3. The van der Waals surface area contributed by atoms with Crippen molar-refractivity contribution in [1.29, 1.82) is 0 Å². The molecule has 0 aliphatic heterocycles. The van der Waals surface area contributed by atoms with E-state index >= 15 is 0 Å². The van der Waals surface area contributed by atoms with Gasteiger partial charge in [-0.1, -0.05) is 13.8 Å². The molecular weight excluding hydrogens is 460 g/mol. The molecule has 11 heteroatoms. The second-order valence-electron chi connectivity index (χ2n) is 9.20. The van der Waals surface area contributed by atoms with Gasteiger partial charge in [-0.05, 0) is 26.7 Å². The van der Waals surface area contributed by atoms with Crippen LogP contribution >= 0.6 is 0 Å². The lowest BCUT2D eigenvalue weighted by Crippen LogP contribution is -2.48. The molecule has 0 heterocycles. The van der Waals surface area contributed by atoms with Crippen LogP contribution in [0.5, 0.6) is 17.2 Å². The molecule has 1 aromatic rings. The Hall–Kier alpha value is -3.21. The van der Waals surface area contributed by atoms with Crippen molar-refractivity contribution in [3.05, 3.63) is 17.7 Å². The largest absolute Gasteiger partial charge is 0.496 e. The van der Waals surface area contributed by atoms with Crippen LogP contribution in [0, 0.1) is 5.92 Å². The lowest BCUT2D eigenvalue weighted by atomic mass is 10.1. The molecule has 0 saturated heterocycles. The van der Waals surface area contributed by atoms with E-state index < -0.39 is 42.1 Å². The summed E-state index contributed by atoms with van der Waals surface area (Å²) in [5.74, 6) is -0.156. The van der Waals surface area contributed by atoms with Crippen molar-refractivity contribution in [2.24, 2.45) is 5.92 Å². The molecule has 0 fully saturated rings. The van der Waals surface area contributed by atoms with Gasteiger partial charge < -0.3 is 39.4 Å². The summed E-state index contributed by atoms with van der Waals surface area (Å²) in [6, 6.07) is 1.96. The highest BCUT2D eigenvalue weighted by atomic mass is 16.6. The van der Waals surface area contributed by atoms with Crippen LogP contribution in [0.2, 0.25) is 0 Å². The minimum atomic E-state index is -1.63. The normalized spacial score (nSPS) is 12.9. The Morgan fingerprint density at radius 1 is 1.00 bits per heavy atom. The quantitative estimate of drug-likeness (QED) is 0.370. The molecule has 0 radical (unpaired) electrons. The van der Waals surface area contributed by atoms with Crippen molar-refractivity contribution in [3.63, 3.8) is 0 Å². The van der Waals surface area contributed by atoms with Gasteiger partial charge >= 0.3 is 12.1 Å². The third kappa shape index (κ3) is 10.3. The van der Waals surface area contributed by atoms with Gasteiger partial charge in [0.05, 0.1) is 40.0 Å². The summed E-state index contributed by atoms with van der Waals surface area (Å²) in [7, 11) is 4.42. The molecule has 0 aliphatic rings. The molecule has 0 spiro atoms. The van der Waals surface area contributed by atoms with E-state index in [9.17, 15) is 19.5 Å². The summed E-state index contributed by atoms with van der Waals surface area (Å²) >= 11 is 0. The summed E-state index contributed by atoms with van der Waals surface area (Å²) in [5.41, 5.74) is -0.278. The zero-order chi connectivity index (χ0) is 26.8. The first-order valence-corrected chi connectivity index (χ1v) is 11.2. The predicted octanol–water partition coefficient (Wildman–Crippen LogP) is 2.17. The summed E-state index contributed by atoms with van der Waals surface area (Å²) in [6.07, 6.45) is -2.92. The molecule has 1 rings (SSSR count). The first-order chi connectivity index (χ1) is 16.3. The molecule has 2 atom stereocenters. The summed E-state index contributed by atoms with van der Waals surface area (Å²) in [4.78, 5) is 37.4. The average molecular weight is 499 g/mol. The molecular formula is C24H38N2O9. The predicted molar refractivity (Wildman–Crippen MR) is 128 cm³/mol. The third-order valence-corrected chi connectivity index (χ3v) is 4.55. The fourth-order valence-corrected chi connectivity index (χ4v) is 2.89. The third-order valence-electron chi connectivity index (χ3n) is 4.55. The van der Waals surface area contributed by atoms with Gasteiger partial charge in [0, 0.05) is 18.6 Å². The Morgan fingerprint density at radius 3 is 2.03 bits per heavy atom. The minimum Gasteiger partial charge on any atom is -0.496 e. The van der Waals surface area contributed by atoms with Crippen LogP contribution in [0.25, 0.3) is 0 Å². The van der Waals surface area contributed by atoms with Gasteiger partial charge in [-0.3, -0.25) is 4.79 Å². The van der Waals surface area contributed by atoms with Gasteiger partial charge in [0.15, 0.2) is 0 Å². The molecule has 0 aliphatic carbocycles. The highest BCUT2D eigenvalue weighted by molar-refractivity contribution is 5.85. The number of rotatable bonds is 12. The molecule has 11 nitrogen and oxygen atoms in total. The van der Waals surface area contributed by atoms with E-state index in [4.69, 9.17) is 23.7 Å². The molecule has 0 unspecified atom stereocenters. The van der Waals surface area contributed by atoms with E-state index in [2.05, 4.69) is 10.6 Å². The van der Waals surface area contributed by atoms with Crippen molar-refractivity contribution in [2.75, 3.05) is 27.9 Å². The number of esters is 1. The zero-order valence-electron chi connectivity index (χ0n) is 21.7. The van der Waals surface area contributed by atoms with Gasteiger partial charge in [-0.2, -0.15) is 0 Å². The number of hydrogen-bond acceptors (Lipinski definition) is 9. The Kier molecular flexibility index (Phi) is 11.6. The van der Waals surface area contributed by atoms with E-state index in [1.165, 1.54) is 21.3 Å². The first-order valence-electron chi connectivity index (χ1n) is 11.2. The molecule has 0 aromatic heterocycles. The van der Waals surface area contributed by atoms with Crippen molar-refractivity contribution in [1.82, 2.24) is 10.6 Å². The maximum atomic E-state index is 12.6. The van der Waals surface area contributed by atoms with Crippen molar-refractivity contribution < 1.29 is 43.2 Å². The van der Waals surface area contributed by atoms with Gasteiger partial charge in [0.2, 0.25) is 5.91 Å². The van der Waals surface area contributed by atoms with E-state index in [-0.39, 0.29) is 19.1 Å². The monoisotopic (exact) mass is 498 g/mol. The average Bonchev–Trinajstić information content (AvgIpc) is 2.78. The minimum absolute atomic E-state index is 0.0335. The second-order valence-corrected chi connectivity index (χ2v) is 9.20. The number of hydrogen-bond donors (Lipinski definition) is 3. The molecule has 198 valence electrons. The highest BCUT2D eigenvalue weighted by Gasteiger charge is 2.30. The second kappa shape index (κ2) is 13.6. The van der Waals surface area contributed by atoms with Gasteiger partial charge in [-0.25, -0.2) is 9.59 Å². The molecule has 3 N–H and O–H groups in total. The van der Waals surface area contributed by atoms with Gasteiger partial charge in [0.1, 0.15) is 35.0 Å². The van der Waals surface area contributed by atoms with Crippen LogP contribution < -0.4 is 24.8 Å². The van der Waals surface area contributed by atoms with E-state index in [1.54, 1.807) is 32.9 Å². The van der Waals surface area contributed by atoms with Crippen LogP contribution in [0.3, 0.4) is 0 Å². The zero-order valence-corrected chi connectivity index (χ0v) is 21.7. The molecule has 0 bridgehead atoms. The number of alkyl carbamates (subject to hydrolysis) is 1. The number of carbonyl (C=O) groups excluding carboxylic acids is 3. The van der Waals surface area contributed by atoms with E-state index in [0.717, 1.165) is 0 Å². The van der Waals surface area contributed by atoms with Gasteiger partial charge in [0.25, 0.3) is 0 Å². The van der Waals surface area contributed by atoms with Crippen LogP contribution in [-0.2, 0) is 25.6 Å². The first kappa shape index (κ1) is 29.8. The van der Waals surface area contributed by atoms with Crippen LogP contribution in [0.1, 0.15) is 46.6 Å². The summed E-state index contributed by atoms with van der Waals surface area (Å²) < 4.78 is 26.3. The molecule has 0 saturated carbocycles. The highest BCUT2D eigenvalue weighted by Crippen LogP contribution is 2.33. The lowest BCUT2D eigenvalue weighted by Gasteiger charge is -2.24. The number of benzene rings is 1. The van der Waals surface area contributed by atoms with Crippen molar-refractivity contribution in [2.45, 2.75) is 65.3 Å². The fraction of sp³-hybridized carbons (Fsp3) is 0.625. The van der Waals surface area contributed by atoms with Crippen LogP contribution in [0.15, 0.2) is 12.1 Å². The van der Waals surface area contributed by atoms with Gasteiger partial charge in [-0.15, -0.1) is 0 Å². The number of amides is 2. The van der Waals surface area contributed by atoms with E-state index in [0.29, 0.717) is 22.8 Å². The Morgan fingerprint density at radius 2 is 1.57 bits per heavy atom.